The van der Waals surface area contributed by atoms with Gasteiger partial charge >= 0.3 is 11.9 Å². The average Bonchev–Trinajstić information content (AvgIpc) is 2.34. The van der Waals surface area contributed by atoms with Crippen LogP contribution in [0.1, 0.15) is 31.9 Å². The Morgan fingerprint density at radius 2 is 1.70 bits per heavy atom. The van der Waals surface area contributed by atoms with Gasteiger partial charge in [0.1, 0.15) is 11.2 Å². The predicted octanol–water partition coefficient (Wildman–Crippen LogP) is 2.89. The van der Waals surface area contributed by atoms with E-state index in [-0.39, 0.29) is 5.57 Å². The summed E-state index contributed by atoms with van der Waals surface area (Å²) in [4.78, 5) is 23.8. The molecule has 0 N–H and O–H groups in total. The van der Waals surface area contributed by atoms with Crippen LogP contribution in [-0.2, 0) is 19.1 Å². The number of methoxy groups -OCH3 is 1. The number of carbonyl (C=O) groups is 2. The largest absolute Gasteiger partial charge is 0.465 e. The van der Waals surface area contributed by atoms with Crippen LogP contribution in [0.4, 0.5) is 0 Å². The highest BCUT2D eigenvalue weighted by atomic mass is 16.6. The molecule has 4 heteroatoms. The van der Waals surface area contributed by atoms with Crippen molar-refractivity contribution >= 4 is 18.0 Å². The molecule has 0 spiro atoms. The van der Waals surface area contributed by atoms with E-state index < -0.39 is 17.5 Å². The Morgan fingerprint density at radius 1 is 1.10 bits per heavy atom. The van der Waals surface area contributed by atoms with Crippen molar-refractivity contribution in [2.75, 3.05) is 7.11 Å². The summed E-state index contributed by atoms with van der Waals surface area (Å²) in [5.41, 5.74) is 0.948. The molecule has 0 radical (unpaired) electrons. The molecule has 0 aliphatic carbocycles. The van der Waals surface area contributed by atoms with Gasteiger partial charge in [-0.15, -0.1) is 0 Å². The summed E-state index contributed by atoms with van der Waals surface area (Å²) in [6.45, 7) is 7.13. The van der Waals surface area contributed by atoms with E-state index in [9.17, 15) is 9.59 Å². The van der Waals surface area contributed by atoms with Crippen molar-refractivity contribution in [3.8, 4) is 0 Å². The van der Waals surface area contributed by atoms with Gasteiger partial charge in [0.2, 0.25) is 0 Å². The number of hydrogen-bond donors (Lipinski definition) is 0. The highest BCUT2D eigenvalue weighted by Crippen LogP contribution is 2.17. The molecule has 1 aromatic carbocycles. The quantitative estimate of drug-likeness (QED) is 0.369. The van der Waals surface area contributed by atoms with E-state index in [1.807, 2.05) is 31.2 Å². The van der Waals surface area contributed by atoms with Gasteiger partial charge < -0.3 is 9.47 Å². The minimum absolute atomic E-state index is 0.114. The third-order valence-electron chi connectivity index (χ3n) is 2.51. The summed E-state index contributed by atoms with van der Waals surface area (Å²) in [7, 11) is 1.23. The lowest BCUT2D eigenvalue weighted by atomic mass is 10.1. The molecule has 1 aromatic rings. The second kappa shape index (κ2) is 6.37. The van der Waals surface area contributed by atoms with Crippen molar-refractivity contribution in [3.63, 3.8) is 0 Å². The van der Waals surface area contributed by atoms with Crippen LogP contribution in [0.3, 0.4) is 0 Å². The molecule has 0 unspecified atom stereocenters. The van der Waals surface area contributed by atoms with Gasteiger partial charge in [0.05, 0.1) is 7.11 Å². The van der Waals surface area contributed by atoms with E-state index in [1.54, 1.807) is 20.8 Å². The Morgan fingerprint density at radius 3 is 2.20 bits per heavy atom. The Kier molecular flexibility index (Phi) is 5.08. The fraction of sp³-hybridized carbons (Fsp3) is 0.375. The highest BCUT2D eigenvalue weighted by molar-refractivity contribution is 6.17. The molecule has 0 aliphatic heterocycles. The smallest absolute Gasteiger partial charge is 0.346 e. The van der Waals surface area contributed by atoms with E-state index in [0.717, 1.165) is 11.1 Å². The summed E-state index contributed by atoms with van der Waals surface area (Å²) in [6, 6.07) is 7.44. The maximum atomic E-state index is 12.1. The zero-order valence-electron chi connectivity index (χ0n) is 12.5. The summed E-state index contributed by atoms with van der Waals surface area (Å²) >= 11 is 0. The van der Waals surface area contributed by atoms with Gasteiger partial charge in [-0.1, -0.05) is 24.3 Å². The lowest BCUT2D eigenvalue weighted by molar-refractivity contribution is -0.153. The molecule has 0 bridgehead atoms. The molecule has 0 aromatic heterocycles. The van der Waals surface area contributed by atoms with Crippen LogP contribution < -0.4 is 0 Å². The second-order valence-corrected chi connectivity index (χ2v) is 5.41. The summed E-state index contributed by atoms with van der Waals surface area (Å²) in [5, 5.41) is 0. The van der Waals surface area contributed by atoms with Gasteiger partial charge in [0, 0.05) is 0 Å². The first-order chi connectivity index (χ1) is 9.24. The van der Waals surface area contributed by atoms with Gasteiger partial charge in [-0.3, -0.25) is 0 Å². The van der Waals surface area contributed by atoms with Crippen LogP contribution in [0.25, 0.3) is 6.08 Å². The van der Waals surface area contributed by atoms with Gasteiger partial charge in [-0.2, -0.15) is 0 Å². The minimum Gasteiger partial charge on any atom is -0.465 e. The van der Waals surface area contributed by atoms with E-state index in [1.165, 1.54) is 13.2 Å². The molecule has 20 heavy (non-hydrogen) atoms. The van der Waals surface area contributed by atoms with Crippen LogP contribution in [0.2, 0.25) is 0 Å². The number of ether oxygens (including phenoxy) is 2. The molecule has 0 heterocycles. The molecule has 0 fully saturated rings. The van der Waals surface area contributed by atoms with Crippen molar-refractivity contribution in [2.24, 2.45) is 0 Å². The molecule has 0 atom stereocenters. The molecule has 0 amide bonds. The third-order valence-corrected chi connectivity index (χ3v) is 2.51. The maximum Gasteiger partial charge on any atom is 0.346 e. The molecule has 0 aliphatic rings. The van der Waals surface area contributed by atoms with Crippen LogP contribution in [-0.4, -0.2) is 24.6 Å². The van der Waals surface area contributed by atoms with Gasteiger partial charge in [-0.25, -0.2) is 9.59 Å². The highest BCUT2D eigenvalue weighted by Gasteiger charge is 2.25. The zero-order chi connectivity index (χ0) is 15.3. The van der Waals surface area contributed by atoms with Crippen molar-refractivity contribution in [1.82, 2.24) is 0 Å². The van der Waals surface area contributed by atoms with Crippen LogP contribution in [0.15, 0.2) is 29.8 Å². The molecular formula is C16H20O4. The van der Waals surface area contributed by atoms with Gasteiger partial charge in [0.25, 0.3) is 0 Å². The Balaban J connectivity index is 3.17. The zero-order valence-corrected chi connectivity index (χ0v) is 12.5. The average molecular weight is 276 g/mol. The fourth-order valence-corrected chi connectivity index (χ4v) is 1.55. The molecule has 0 saturated heterocycles. The Hall–Kier alpha value is -2.10. The number of hydrogen-bond acceptors (Lipinski definition) is 4. The van der Waals surface area contributed by atoms with Crippen LogP contribution in [0, 0.1) is 6.92 Å². The molecule has 0 saturated carbocycles. The summed E-state index contributed by atoms with van der Waals surface area (Å²) in [5.74, 6) is -1.39. The van der Waals surface area contributed by atoms with E-state index in [2.05, 4.69) is 4.74 Å². The lowest BCUT2D eigenvalue weighted by Gasteiger charge is -2.20. The number of esters is 2. The van der Waals surface area contributed by atoms with Crippen LogP contribution >= 0.6 is 0 Å². The first-order valence-electron chi connectivity index (χ1n) is 6.33. The van der Waals surface area contributed by atoms with Crippen molar-refractivity contribution in [1.29, 1.82) is 0 Å². The predicted molar refractivity (Wildman–Crippen MR) is 77.0 cm³/mol. The normalized spacial score (nSPS) is 11.9. The SMILES string of the molecule is COC(=O)C(=Cc1ccccc1C)C(=O)OC(C)(C)C. The number of rotatable bonds is 3. The topological polar surface area (TPSA) is 52.6 Å². The van der Waals surface area contributed by atoms with E-state index >= 15 is 0 Å². The Bertz CT molecular complexity index is 536. The number of benzene rings is 1. The minimum atomic E-state index is -0.706. The van der Waals surface area contributed by atoms with E-state index in [4.69, 9.17) is 4.74 Å². The third kappa shape index (κ3) is 4.53. The van der Waals surface area contributed by atoms with Crippen molar-refractivity contribution in [2.45, 2.75) is 33.3 Å². The summed E-state index contributed by atoms with van der Waals surface area (Å²) < 4.78 is 9.88. The first-order valence-corrected chi connectivity index (χ1v) is 6.33. The molecular weight excluding hydrogens is 256 g/mol. The van der Waals surface area contributed by atoms with Crippen molar-refractivity contribution < 1.29 is 19.1 Å². The second-order valence-electron chi connectivity index (χ2n) is 5.41. The molecule has 108 valence electrons. The lowest BCUT2D eigenvalue weighted by Crippen LogP contribution is -2.27. The van der Waals surface area contributed by atoms with Gasteiger partial charge in [0.15, 0.2) is 0 Å². The van der Waals surface area contributed by atoms with E-state index in [0.29, 0.717) is 0 Å². The van der Waals surface area contributed by atoms with Gasteiger partial charge in [-0.05, 0) is 44.9 Å². The van der Waals surface area contributed by atoms with Crippen LogP contribution in [0.5, 0.6) is 0 Å². The molecule has 1 rings (SSSR count). The fourth-order valence-electron chi connectivity index (χ4n) is 1.55. The maximum absolute atomic E-state index is 12.1. The molecule has 4 nitrogen and oxygen atoms in total. The standard InChI is InChI=1S/C16H20O4/c1-11-8-6-7-9-12(11)10-13(14(17)19-5)15(18)20-16(2,3)4/h6-10H,1-5H3. The monoisotopic (exact) mass is 276 g/mol. The number of aryl methyl sites for hydroxylation is 1. The van der Waals surface area contributed by atoms with Crippen molar-refractivity contribution in [3.05, 3.63) is 41.0 Å². The Labute approximate surface area is 119 Å². The first kappa shape index (κ1) is 16.0. The number of carbonyl (C=O) groups excluding carboxylic acids is 2. The summed E-state index contributed by atoms with van der Waals surface area (Å²) in [6.07, 6.45) is 1.50.